The molecule has 0 unspecified atom stereocenters. The highest BCUT2D eigenvalue weighted by molar-refractivity contribution is 5.68. The Hall–Kier alpha value is -1.77. The summed E-state index contributed by atoms with van der Waals surface area (Å²) in [7, 11) is 0. The minimum absolute atomic E-state index is 0.304. The van der Waals surface area contributed by atoms with Crippen LogP contribution in [0.2, 0.25) is 0 Å². The van der Waals surface area contributed by atoms with Crippen molar-refractivity contribution in [1.29, 1.82) is 0 Å². The van der Waals surface area contributed by atoms with Gasteiger partial charge in [0.2, 0.25) is 0 Å². The summed E-state index contributed by atoms with van der Waals surface area (Å²) in [6.45, 7) is 1.96. The summed E-state index contributed by atoms with van der Waals surface area (Å²) >= 11 is 0. The molecule has 0 amide bonds. The van der Waals surface area contributed by atoms with Gasteiger partial charge >= 0.3 is 5.97 Å². The second kappa shape index (κ2) is 20.3. The van der Waals surface area contributed by atoms with Gasteiger partial charge in [-0.05, 0) is 18.9 Å². The molecule has 3 heteroatoms. The van der Waals surface area contributed by atoms with Crippen LogP contribution < -0.4 is 0 Å². The van der Waals surface area contributed by atoms with E-state index in [0.29, 0.717) is 0 Å². The largest absolute Gasteiger partial charge is 0.490 e. The summed E-state index contributed by atoms with van der Waals surface area (Å²) in [5, 5.41) is 8.37. The molecule has 0 spiro atoms. The summed E-state index contributed by atoms with van der Waals surface area (Å²) < 4.78 is 4.75. The monoisotopic (exact) mass is 348 g/mol. The maximum absolute atomic E-state index is 10.2. The van der Waals surface area contributed by atoms with Crippen LogP contribution in [0.5, 0.6) is 0 Å². The Labute approximate surface area is 154 Å². The van der Waals surface area contributed by atoms with Gasteiger partial charge in [-0.3, -0.25) is 0 Å². The van der Waals surface area contributed by atoms with Crippen LogP contribution in [-0.4, -0.2) is 17.7 Å². The highest BCUT2D eigenvalue weighted by atomic mass is 16.5. The Morgan fingerprint density at radius 3 is 1.88 bits per heavy atom. The third-order valence-electron chi connectivity index (χ3n) is 3.80. The maximum atomic E-state index is 10.2. The summed E-state index contributed by atoms with van der Waals surface area (Å²) in [4.78, 5) is 10.2. The van der Waals surface area contributed by atoms with E-state index >= 15 is 0 Å². The van der Waals surface area contributed by atoms with E-state index in [0.717, 1.165) is 6.42 Å². The molecule has 0 atom stereocenters. The first-order valence-electron chi connectivity index (χ1n) is 9.75. The molecule has 0 radical (unpaired) electrons. The number of aliphatic carboxylic acids is 1. The molecule has 25 heavy (non-hydrogen) atoms. The molecule has 0 fully saturated rings. The van der Waals surface area contributed by atoms with Crippen LogP contribution in [0.4, 0.5) is 0 Å². The molecular formula is C22H36O3. The van der Waals surface area contributed by atoms with Gasteiger partial charge in [0.05, 0.1) is 6.26 Å². The number of hydrogen-bond acceptors (Lipinski definition) is 2. The normalized spacial score (nSPS) is 12.2. The van der Waals surface area contributed by atoms with Gasteiger partial charge in [-0.1, -0.05) is 101 Å². The first-order valence-corrected chi connectivity index (χ1v) is 9.75. The zero-order chi connectivity index (χ0) is 18.4. The molecule has 0 heterocycles. The van der Waals surface area contributed by atoms with Gasteiger partial charge in [-0.15, -0.1) is 0 Å². The van der Waals surface area contributed by atoms with E-state index in [-0.39, 0.29) is 6.61 Å². The average molecular weight is 349 g/mol. The van der Waals surface area contributed by atoms with Crippen LogP contribution in [0.25, 0.3) is 0 Å². The second-order valence-corrected chi connectivity index (χ2v) is 6.20. The zero-order valence-electron chi connectivity index (χ0n) is 15.9. The van der Waals surface area contributed by atoms with Gasteiger partial charge in [0.25, 0.3) is 0 Å². The van der Waals surface area contributed by atoms with E-state index < -0.39 is 5.97 Å². The molecule has 0 aliphatic carbocycles. The van der Waals surface area contributed by atoms with Crippen molar-refractivity contribution in [1.82, 2.24) is 0 Å². The number of ether oxygens (including phenoxy) is 1. The van der Waals surface area contributed by atoms with Crippen molar-refractivity contribution >= 4 is 5.97 Å². The summed E-state index contributed by atoms with van der Waals surface area (Å²) in [5.74, 6) is -0.971. The van der Waals surface area contributed by atoms with Crippen LogP contribution >= 0.6 is 0 Å². The van der Waals surface area contributed by atoms with Gasteiger partial charge in [-0.25, -0.2) is 4.79 Å². The first kappa shape index (κ1) is 23.2. The van der Waals surface area contributed by atoms with E-state index in [1.54, 1.807) is 12.2 Å². The molecule has 0 aliphatic heterocycles. The molecule has 0 bridgehead atoms. The Kier molecular flexibility index (Phi) is 18.8. The predicted molar refractivity (Wildman–Crippen MR) is 107 cm³/mol. The van der Waals surface area contributed by atoms with Crippen molar-refractivity contribution in [2.24, 2.45) is 0 Å². The maximum Gasteiger partial charge on any atom is 0.341 e. The predicted octanol–water partition coefficient (Wildman–Crippen LogP) is 6.58. The quantitative estimate of drug-likeness (QED) is 0.183. The minimum Gasteiger partial charge on any atom is -0.490 e. The van der Waals surface area contributed by atoms with Gasteiger partial charge in [0, 0.05) is 0 Å². The van der Waals surface area contributed by atoms with Crippen molar-refractivity contribution in [2.75, 3.05) is 6.61 Å². The highest BCUT2D eigenvalue weighted by Crippen LogP contribution is 2.11. The van der Waals surface area contributed by atoms with E-state index in [4.69, 9.17) is 9.84 Å². The Morgan fingerprint density at radius 1 is 0.760 bits per heavy atom. The molecule has 0 aromatic carbocycles. The number of allylic oxidation sites excluding steroid dienone is 7. The smallest absolute Gasteiger partial charge is 0.341 e. The molecular weight excluding hydrogens is 312 g/mol. The van der Waals surface area contributed by atoms with Crippen molar-refractivity contribution in [3.05, 3.63) is 48.8 Å². The number of carbonyl (C=O) groups is 1. The average Bonchev–Trinajstić information content (AvgIpc) is 2.60. The number of carboxylic acids is 1. The molecule has 1 N–H and O–H groups in total. The van der Waals surface area contributed by atoms with Crippen LogP contribution in [-0.2, 0) is 9.53 Å². The Morgan fingerprint density at radius 2 is 1.28 bits per heavy atom. The van der Waals surface area contributed by atoms with E-state index in [9.17, 15) is 4.79 Å². The van der Waals surface area contributed by atoms with Crippen molar-refractivity contribution in [2.45, 2.75) is 77.6 Å². The third-order valence-corrected chi connectivity index (χ3v) is 3.80. The minimum atomic E-state index is -0.971. The lowest BCUT2D eigenvalue weighted by Crippen LogP contribution is -2.02. The topological polar surface area (TPSA) is 46.5 Å². The summed E-state index contributed by atoms with van der Waals surface area (Å²) in [6, 6.07) is 0. The van der Waals surface area contributed by atoms with Gasteiger partial charge in [0.1, 0.15) is 0 Å². The SMILES string of the molecule is CCCCCCCCCCCCC=CC=CC=CC=COCC(=O)O. The third kappa shape index (κ3) is 22.2. The first-order chi connectivity index (χ1) is 12.3. The van der Waals surface area contributed by atoms with Gasteiger partial charge in [-0.2, -0.15) is 0 Å². The fraction of sp³-hybridized carbons (Fsp3) is 0.591. The number of rotatable bonds is 17. The van der Waals surface area contributed by atoms with E-state index in [1.807, 2.05) is 18.2 Å². The Bertz CT molecular complexity index is 405. The number of unbranched alkanes of at least 4 members (excludes halogenated alkanes) is 10. The number of hydrogen-bond donors (Lipinski definition) is 1. The molecule has 142 valence electrons. The molecule has 3 nitrogen and oxygen atoms in total. The second-order valence-electron chi connectivity index (χ2n) is 6.20. The van der Waals surface area contributed by atoms with E-state index in [1.165, 1.54) is 70.5 Å². The molecule has 0 aliphatic rings. The van der Waals surface area contributed by atoms with Crippen LogP contribution in [0.15, 0.2) is 48.8 Å². The molecule has 0 saturated heterocycles. The fourth-order valence-electron chi connectivity index (χ4n) is 2.40. The van der Waals surface area contributed by atoms with Crippen molar-refractivity contribution in [3.8, 4) is 0 Å². The van der Waals surface area contributed by atoms with Crippen LogP contribution in [0, 0.1) is 0 Å². The van der Waals surface area contributed by atoms with Crippen LogP contribution in [0.3, 0.4) is 0 Å². The van der Waals surface area contributed by atoms with Gasteiger partial charge in [0.15, 0.2) is 6.61 Å². The van der Waals surface area contributed by atoms with Gasteiger partial charge < -0.3 is 9.84 Å². The van der Waals surface area contributed by atoms with E-state index in [2.05, 4.69) is 19.1 Å². The molecule has 0 aromatic rings. The highest BCUT2D eigenvalue weighted by Gasteiger charge is 1.92. The number of carboxylic acid groups (broad SMARTS) is 1. The lowest BCUT2D eigenvalue weighted by Gasteiger charge is -2.01. The van der Waals surface area contributed by atoms with Crippen LogP contribution in [0.1, 0.15) is 77.6 Å². The summed E-state index contributed by atoms with van der Waals surface area (Å²) in [6.07, 6.45) is 29.9. The standard InChI is InChI=1S/C22H36O3/c1-2-3-4-5-6-7-8-9-10-11-12-13-14-15-16-17-18-19-20-25-21-22(23)24/h13-20H,2-12,21H2,1H3,(H,23,24). The molecule has 0 aromatic heterocycles. The summed E-state index contributed by atoms with van der Waals surface area (Å²) in [5.41, 5.74) is 0. The van der Waals surface area contributed by atoms with Crippen molar-refractivity contribution < 1.29 is 14.6 Å². The Balaban J connectivity index is 3.35. The fourth-order valence-corrected chi connectivity index (χ4v) is 2.40. The van der Waals surface area contributed by atoms with Crippen molar-refractivity contribution in [3.63, 3.8) is 0 Å². The zero-order valence-corrected chi connectivity index (χ0v) is 15.9. The lowest BCUT2D eigenvalue weighted by molar-refractivity contribution is -0.140. The molecule has 0 saturated carbocycles. The molecule has 0 rings (SSSR count). The lowest BCUT2D eigenvalue weighted by atomic mass is 10.1.